The molecule has 2 aromatic rings. The molecule has 0 unspecified atom stereocenters. The molecule has 6 heteroatoms. The fraction of sp³-hybridized carbons (Fsp3) is 0.143. The van der Waals surface area contributed by atoms with Crippen molar-refractivity contribution in [2.24, 2.45) is 0 Å². The van der Waals surface area contributed by atoms with Crippen LogP contribution in [0.5, 0.6) is 0 Å². The van der Waals surface area contributed by atoms with Gasteiger partial charge in [-0.3, -0.25) is 4.79 Å². The molecule has 0 fully saturated rings. The van der Waals surface area contributed by atoms with E-state index in [0.717, 1.165) is 0 Å². The van der Waals surface area contributed by atoms with Gasteiger partial charge in [0.05, 0.1) is 12.2 Å². The number of anilines is 1. The first-order chi connectivity index (χ1) is 9.61. The van der Waals surface area contributed by atoms with Crippen LogP contribution in [0.2, 0.25) is 5.02 Å². The lowest BCUT2D eigenvalue weighted by Gasteiger charge is -2.06. The van der Waals surface area contributed by atoms with Gasteiger partial charge in [0.2, 0.25) is 0 Å². The van der Waals surface area contributed by atoms with Crippen LogP contribution in [0, 0.1) is 0 Å². The van der Waals surface area contributed by atoms with Crippen LogP contribution in [-0.4, -0.2) is 18.5 Å². The van der Waals surface area contributed by atoms with E-state index in [9.17, 15) is 9.59 Å². The minimum Gasteiger partial charge on any atom is -0.462 e. The highest BCUT2D eigenvalue weighted by molar-refractivity contribution is 7.14. The lowest BCUT2D eigenvalue weighted by atomic mass is 10.2. The van der Waals surface area contributed by atoms with Crippen LogP contribution >= 0.6 is 22.9 Å². The van der Waals surface area contributed by atoms with Crippen LogP contribution < -0.4 is 5.32 Å². The Morgan fingerprint density at radius 2 is 2.15 bits per heavy atom. The van der Waals surface area contributed by atoms with E-state index in [1.165, 1.54) is 11.3 Å². The number of thiophene rings is 1. The zero-order chi connectivity index (χ0) is 14.5. The standard InChI is InChI=1S/C14H12ClNO3S/c1-2-19-14(18)11-6-7-20-13(11)16-12(17)9-4-3-5-10(15)8-9/h3-8H,2H2,1H3,(H,16,17). The first-order valence-electron chi connectivity index (χ1n) is 5.93. The zero-order valence-electron chi connectivity index (χ0n) is 10.7. The van der Waals surface area contributed by atoms with Crippen LogP contribution in [0.15, 0.2) is 35.7 Å². The SMILES string of the molecule is CCOC(=O)c1ccsc1NC(=O)c1cccc(Cl)c1. The number of amides is 1. The third kappa shape index (κ3) is 3.37. The topological polar surface area (TPSA) is 55.4 Å². The number of benzene rings is 1. The molecular weight excluding hydrogens is 298 g/mol. The quantitative estimate of drug-likeness (QED) is 0.873. The monoisotopic (exact) mass is 309 g/mol. The van der Waals surface area contributed by atoms with Crippen molar-refractivity contribution in [2.75, 3.05) is 11.9 Å². The Morgan fingerprint density at radius 1 is 1.35 bits per heavy atom. The second-order valence-corrected chi connectivity index (χ2v) is 5.20. The average molecular weight is 310 g/mol. The number of esters is 1. The van der Waals surface area contributed by atoms with E-state index < -0.39 is 5.97 Å². The molecule has 1 aromatic heterocycles. The Balaban J connectivity index is 2.16. The first-order valence-corrected chi connectivity index (χ1v) is 7.19. The van der Waals surface area contributed by atoms with Crippen LogP contribution in [0.3, 0.4) is 0 Å². The maximum atomic E-state index is 12.1. The van der Waals surface area contributed by atoms with Crippen LogP contribution in [-0.2, 0) is 4.74 Å². The van der Waals surface area contributed by atoms with Crippen LogP contribution in [0.1, 0.15) is 27.6 Å². The van der Waals surface area contributed by atoms with Gasteiger partial charge in [-0.05, 0) is 36.6 Å². The van der Waals surface area contributed by atoms with Gasteiger partial charge in [0, 0.05) is 10.6 Å². The summed E-state index contributed by atoms with van der Waals surface area (Å²) >= 11 is 7.11. The Hall–Kier alpha value is -1.85. The fourth-order valence-corrected chi connectivity index (χ4v) is 2.54. The molecule has 1 aromatic carbocycles. The average Bonchev–Trinajstić information content (AvgIpc) is 2.87. The molecule has 0 saturated carbocycles. The molecule has 0 aliphatic rings. The van der Waals surface area contributed by atoms with Gasteiger partial charge in [0.15, 0.2) is 0 Å². The van der Waals surface area contributed by atoms with Crippen molar-refractivity contribution in [2.45, 2.75) is 6.92 Å². The van der Waals surface area contributed by atoms with Crippen molar-refractivity contribution in [3.05, 3.63) is 51.9 Å². The fourth-order valence-electron chi connectivity index (χ4n) is 1.58. The van der Waals surface area contributed by atoms with E-state index in [-0.39, 0.29) is 12.5 Å². The molecule has 20 heavy (non-hydrogen) atoms. The summed E-state index contributed by atoms with van der Waals surface area (Å²) < 4.78 is 4.93. The summed E-state index contributed by atoms with van der Waals surface area (Å²) in [5.74, 6) is -0.768. The van der Waals surface area contributed by atoms with Gasteiger partial charge >= 0.3 is 5.97 Å². The van der Waals surface area contributed by atoms with Crippen molar-refractivity contribution >= 4 is 39.8 Å². The van der Waals surface area contributed by atoms with E-state index in [2.05, 4.69) is 5.32 Å². The second-order valence-electron chi connectivity index (χ2n) is 3.85. The molecule has 1 N–H and O–H groups in total. The molecule has 0 saturated heterocycles. The Labute approximate surface area is 125 Å². The van der Waals surface area contributed by atoms with Gasteiger partial charge in [-0.2, -0.15) is 0 Å². The summed E-state index contributed by atoms with van der Waals surface area (Å²) in [6.45, 7) is 2.02. The molecular formula is C14H12ClNO3S. The summed E-state index contributed by atoms with van der Waals surface area (Å²) in [4.78, 5) is 23.8. The van der Waals surface area contributed by atoms with Crippen LogP contribution in [0.4, 0.5) is 5.00 Å². The number of halogens is 1. The van der Waals surface area contributed by atoms with Gasteiger partial charge in [-0.25, -0.2) is 4.79 Å². The minimum atomic E-state index is -0.449. The Morgan fingerprint density at radius 3 is 2.85 bits per heavy atom. The number of carbonyl (C=O) groups is 2. The summed E-state index contributed by atoms with van der Waals surface area (Å²) in [7, 11) is 0. The number of hydrogen-bond donors (Lipinski definition) is 1. The van der Waals surface area contributed by atoms with Gasteiger partial charge in [-0.1, -0.05) is 17.7 Å². The molecule has 104 valence electrons. The van der Waals surface area contributed by atoms with Gasteiger partial charge in [-0.15, -0.1) is 11.3 Å². The van der Waals surface area contributed by atoms with Crippen molar-refractivity contribution in [3.63, 3.8) is 0 Å². The van der Waals surface area contributed by atoms with E-state index >= 15 is 0 Å². The zero-order valence-corrected chi connectivity index (χ0v) is 12.3. The summed E-state index contributed by atoms with van der Waals surface area (Å²) in [6, 6.07) is 8.22. The number of ether oxygens (including phenoxy) is 1. The molecule has 0 radical (unpaired) electrons. The molecule has 0 aliphatic carbocycles. The highest BCUT2D eigenvalue weighted by atomic mass is 35.5. The minimum absolute atomic E-state index is 0.288. The molecule has 0 spiro atoms. The molecule has 2 rings (SSSR count). The highest BCUT2D eigenvalue weighted by Gasteiger charge is 2.16. The van der Waals surface area contributed by atoms with Gasteiger partial charge in [0.1, 0.15) is 5.00 Å². The summed E-state index contributed by atoms with van der Waals surface area (Å²) in [5, 5.41) is 5.36. The number of nitrogens with one attached hydrogen (secondary N) is 1. The van der Waals surface area contributed by atoms with Crippen molar-refractivity contribution in [1.82, 2.24) is 0 Å². The lowest BCUT2D eigenvalue weighted by molar-refractivity contribution is 0.0528. The van der Waals surface area contributed by atoms with E-state index in [0.29, 0.717) is 21.2 Å². The predicted molar refractivity (Wildman–Crippen MR) is 79.7 cm³/mol. The molecule has 0 bridgehead atoms. The smallest absolute Gasteiger partial charge is 0.341 e. The maximum absolute atomic E-state index is 12.1. The molecule has 1 heterocycles. The molecule has 4 nitrogen and oxygen atoms in total. The van der Waals surface area contributed by atoms with Crippen molar-refractivity contribution in [1.29, 1.82) is 0 Å². The molecule has 1 amide bonds. The van der Waals surface area contributed by atoms with Crippen molar-refractivity contribution in [3.8, 4) is 0 Å². The number of hydrogen-bond acceptors (Lipinski definition) is 4. The second kappa shape index (κ2) is 6.54. The number of carbonyl (C=O) groups excluding carboxylic acids is 2. The predicted octanol–water partition coefficient (Wildman–Crippen LogP) is 3.83. The van der Waals surface area contributed by atoms with E-state index in [4.69, 9.17) is 16.3 Å². The van der Waals surface area contributed by atoms with E-state index in [1.54, 1.807) is 42.6 Å². The number of rotatable bonds is 4. The largest absolute Gasteiger partial charge is 0.462 e. The van der Waals surface area contributed by atoms with Gasteiger partial charge in [0.25, 0.3) is 5.91 Å². The maximum Gasteiger partial charge on any atom is 0.341 e. The molecule has 0 aliphatic heterocycles. The third-order valence-electron chi connectivity index (χ3n) is 2.47. The summed E-state index contributed by atoms with van der Waals surface area (Å²) in [6.07, 6.45) is 0. The molecule has 0 atom stereocenters. The van der Waals surface area contributed by atoms with Crippen LogP contribution in [0.25, 0.3) is 0 Å². The first kappa shape index (κ1) is 14.6. The lowest BCUT2D eigenvalue weighted by Crippen LogP contribution is -2.14. The highest BCUT2D eigenvalue weighted by Crippen LogP contribution is 2.25. The Bertz CT molecular complexity index is 639. The van der Waals surface area contributed by atoms with Gasteiger partial charge < -0.3 is 10.1 Å². The Kier molecular flexibility index (Phi) is 4.76. The van der Waals surface area contributed by atoms with Crippen molar-refractivity contribution < 1.29 is 14.3 Å². The summed E-state index contributed by atoms with van der Waals surface area (Å²) in [5.41, 5.74) is 0.785. The van der Waals surface area contributed by atoms with E-state index in [1.807, 2.05) is 0 Å². The third-order valence-corrected chi connectivity index (χ3v) is 3.54. The normalized spacial score (nSPS) is 10.1.